The Balaban J connectivity index is 3.41. The molecule has 0 radical (unpaired) electrons. The van der Waals surface area contributed by atoms with Crippen molar-refractivity contribution in [2.24, 2.45) is 0 Å². The molecule has 0 saturated heterocycles. The summed E-state index contributed by atoms with van der Waals surface area (Å²) in [7, 11) is -6.06. The van der Waals surface area contributed by atoms with E-state index in [2.05, 4.69) is 4.39 Å². The highest BCUT2D eigenvalue weighted by Gasteiger charge is 2.39. The third-order valence-corrected chi connectivity index (χ3v) is 11.3. The largest absolute Gasteiger partial charge is 0.453 e. The number of rotatable bonds is 4. The van der Waals surface area contributed by atoms with Gasteiger partial charge in [-0.2, -0.15) is 0 Å². The number of furan rings is 1. The Labute approximate surface area is 131 Å². The molecule has 0 aliphatic rings. The van der Waals surface area contributed by atoms with E-state index in [1.54, 1.807) is 0 Å². The molecule has 0 amide bonds. The molecule has 0 aliphatic heterocycles. The lowest BCUT2D eigenvalue weighted by Crippen LogP contribution is -2.54. The molecule has 116 valence electrons. The SMILES string of the molecule is [2H]C([2H])([2H])C(O)(c1coc(S(=N)(=O)N[Si](C)(C)C(C)(C)C)c1)C([2H])([2H])[2H]. The van der Waals surface area contributed by atoms with E-state index < -0.39 is 48.1 Å². The summed E-state index contributed by atoms with van der Waals surface area (Å²) in [6.45, 7) is 3.02. The first-order valence-corrected chi connectivity index (χ1v) is 10.6. The molecule has 0 saturated carbocycles. The Bertz CT molecular complexity index is 748. The molecule has 1 unspecified atom stereocenters. The quantitative estimate of drug-likeness (QED) is 0.742. The Morgan fingerprint density at radius 2 is 2.00 bits per heavy atom. The van der Waals surface area contributed by atoms with Crippen molar-refractivity contribution in [1.29, 1.82) is 4.78 Å². The zero-order chi connectivity index (χ0) is 21.0. The number of hydrogen-bond acceptors (Lipinski definition) is 4. The summed E-state index contributed by atoms with van der Waals surface area (Å²) < 4.78 is 73.4. The van der Waals surface area contributed by atoms with Gasteiger partial charge in [0.15, 0.2) is 9.92 Å². The molecule has 1 aromatic rings. The van der Waals surface area contributed by atoms with Gasteiger partial charge in [0, 0.05) is 19.9 Å². The number of aliphatic hydroxyl groups is 1. The third-order valence-electron chi connectivity index (χ3n) is 3.55. The van der Waals surface area contributed by atoms with Gasteiger partial charge in [-0.1, -0.05) is 33.9 Å². The maximum absolute atomic E-state index is 12.8. The van der Waals surface area contributed by atoms with Crippen molar-refractivity contribution in [2.45, 2.75) is 63.3 Å². The first-order chi connectivity index (χ1) is 11.2. The molecule has 0 spiro atoms. The minimum Gasteiger partial charge on any atom is -0.453 e. The third kappa shape index (κ3) is 3.72. The molecule has 1 aromatic heterocycles. The monoisotopic (exact) mass is 324 g/mol. The van der Waals surface area contributed by atoms with E-state index >= 15 is 0 Å². The van der Waals surface area contributed by atoms with E-state index in [1.165, 1.54) is 0 Å². The molecule has 7 heteroatoms. The molecule has 20 heavy (non-hydrogen) atoms. The standard InChI is InChI=1S/C13H26N2O3SSi/c1-12(2,3)20(6,7)15-19(14,17)11-8-10(9-18-11)13(4,5)16/h8-9,16H,1-7H3,(H2,14,15,17)/i4D3,5D3. The van der Waals surface area contributed by atoms with E-state index in [9.17, 15) is 9.32 Å². The van der Waals surface area contributed by atoms with E-state index in [0.717, 1.165) is 12.3 Å². The second kappa shape index (κ2) is 4.98. The summed E-state index contributed by atoms with van der Waals surface area (Å²) in [5.41, 5.74) is -3.77. The second-order valence-electron chi connectivity index (χ2n) is 6.40. The summed E-state index contributed by atoms with van der Waals surface area (Å²) in [6, 6.07) is 0.869. The van der Waals surface area contributed by atoms with E-state index in [-0.39, 0.29) is 5.04 Å². The van der Waals surface area contributed by atoms with Gasteiger partial charge in [0.1, 0.15) is 8.24 Å². The fourth-order valence-electron chi connectivity index (χ4n) is 1.22. The Kier molecular flexibility index (Phi) is 2.53. The second-order valence-corrected chi connectivity index (χ2v) is 13.5. The molecule has 5 nitrogen and oxygen atoms in total. The average molecular weight is 325 g/mol. The first-order valence-electron chi connectivity index (χ1n) is 9.06. The summed E-state index contributed by atoms with van der Waals surface area (Å²) >= 11 is 0. The van der Waals surface area contributed by atoms with Crippen LogP contribution < -0.4 is 4.39 Å². The first kappa shape index (κ1) is 10.2. The fourth-order valence-corrected chi connectivity index (χ4v) is 6.20. The molecule has 0 aromatic carbocycles. The van der Waals surface area contributed by atoms with E-state index in [4.69, 9.17) is 17.4 Å². The van der Waals surface area contributed by atoms with Gasteiger partial charge in [-0.3, -0.25) is 0 Å². The molecular formula is C13H26N2O3SSi. The topological polar surface area (TPSA) is 86.3 Å². The van der Waals surface area contributed by atoms with Crippen molar-refractivity contribution < 1.29 is 22.0 Å². The van der Waals surface area contributed by atoms with Crippen LogP contribution in [0.1, 0.15) is 48.3 Å². The lowest BCUT2D eigenvalue weighted by atomic mass is 10.0. The Morgan fingerprint density at radius 1 is 1.45 bits per heavy atom. The molecule has 0 fully saturated rings. The summed E-state index contributed by atoms with van der Waals surface area (Å²) in [5.74, 6) is 0. The van der Waals surface area contributed by atoms with Gasteiger partial charge in [0.05, 0.1) is 11.9 Å². The van der Waals surface area contributed by atoms with Crippen LogP contribution in [-0.2, 0) is 15.5 Å². The van der Waals surface area contributed by atoms with Gasteiger partial charge in [0.2, 0.25) is 5.09 Å². The van der Waals surface area contributed by atoms with Crippen LogP contribution in [0.2, 0.25) is 18.1 Å². The van der Waals surface area contributed by atoms with Crippen molar-refractivity contribution in [3.05, 3.63) is 17.9 Å². The summed E-state index contributed by atoms with van der Waals surface area (Å²) in [4.78, 5) is 0. The highest BCUT2D eigenvalue weighted by molar-refractivity contribution is 7.91. The molecule has 1 heterocycles. The lowest BCUT2D eigenvalue weighted by molar-refractivity contribution is 0.0779. The van der Waals surface area contributed by atoms with Crippen LogP contribution in [0, 0.1) is 4.78 Å². The van der Waals surface area contributed by atoms with Crippen LogP contribution in [0.3, 0.4) is 0 Å². The Hall–Kier alpha value is -0.633. The summed E-state index contributed by atoms with van der Waals surface area (Å²) in [6.07, 6.45) is 0.732. The van der Waals surface area contributed by atoms with Crippen LogP contribution in [0.15, 0.2) is 21.8 Å². The molecule has 1 rings (SSSR count). The minimum atomic E-state index is -3.66. The number of hydrogen-bond donors (Lipinski definition) is 3. The fraction of sp³-hybridized carbons (Fsp3) is 0.692. The van der Waals surface area contributed by atoms with Crippen LogP contribution in [0.25, 0.3) is 0 Å². The maximum atomic E-state index is 12.8. The smallest absolute Gasteiger partial charge is 0.212 e. The summed E-state index contributed by atoms with van der Waals surface area (Å²) in [5, 5.41) is 9.77. The van der Waals surface area contributed by atoms with Crippen LogP contribution in [-0.4, -0.2) is 17.6 Å². The van der Waals surface area contributed by atoms with Gasteiger partial charge in [0.25, 0.3) is 0 Å². The van der Waals surface area contributed by atoms with Crippen molar-refractivity contribution in [1.82, 2.24) is 4.39 Å². The van der Waals surface area contributed by atoms with Gasteiger partial charge in [-0.25, -0.2) is 13.4 Å². The van der Waals surface area contributed by atoms with E-state index in [1.807, 2.05) is 33.9 Å². The van der Waals surface area contributed by atoms with Crippen LogP contribution in [0.5, 0.6) is 0 Å². The molecular weight excluding hydrogens is 292 g/mol. The highest BCUT2D eigenvalue weighted by Crippen LogP contribution is 2.35. The zero-order valence-corrected chi connectivity index (χ0v) is 14.1. The molecule has 0 bridgehead atoms. The van der Waals surface area contributed by atoms with Crippen molar-refractivity contribution in [3.63, 3.8) is 0 Å². The Morgan fingerprint density at radius 3 is 2.45 bits per heavy atom. The van der Waals surface area contributed by atoms with Crippen molar-refractivity contribution in [3.8, 4) is 0 Å². The van der Waals surface area contributed by atoms with E-state index in [0.29, 0.717) is 0 Å². The predicted octanol–water partition coefficient (Wildman–Crippen LogP) is 3.42. The molecule has 0 aliphatic carbocycles. The zero-order valence-electron chi connectivity index (χ0n) is 18.3. The van der Waals surface area contributed by atoms with Gasteiger partial charge < -0.3 is 9.52 Å². The lowest BCUT2D eigenvalue weighted by Gasteiger charge is -2.37. The highest BCUT2D eigenvalue weighted by atomic mass is 32.2. The normalized spacial score (nSPS) is 22.7. The van der Waals surface area contributed by atoms with Gasteiger partial charge in [-0.15, -0.1) is 0 Å². The number of nitrogens with one attached hydrogen (secondary N) is 2. The van der Waals surface area contributed by atoms with Crippen LogP contribution in [0.4, 0.5) is 0 Å². The van der Waals surface area contributed by atoms with Crippen molar-refractivity contribution in [2.75, 3.05) is 0 Å². The average Bonchev–Trinajstić information content (AvgIpc) is 2.82. The molecule has 1 atom stereocenters. The van der Waals surface area contributed by atoms with Gasteiger partial charge in [-0.05, 0) is 18.7 Å². The minimum absolute atomic E-state index is 0.246. The molecule has 3 N–H and O–H groups in total. The predicted molar refractivity (Wildman–Crippen MR) is 83.4 cm³/mol. The van der Waals surface area contributed by atoms with Crippen LogP contribution >= 0.6 is 0 Å². The van der Waals surface area contributed by atoms with Gasteiger partial charge >= 0.3 is 0 Å². The van der Waals surface area contributed by atoms with Crippen molar-refractivity contribution >= 4 is 18.2 Å². The maximum Gasteiger partial charge on any atom is 0.212 e.